The second-order valence-corrected chi connectivity index (χ2v) is 6.72. The maximum Gasteiger partial charge on any atom is 0.252 e. The summed E-state index contributed by atoms with van der Waals surface area (Å²) in [6, 6.07) is 7.72. The Morgan fingerprint density at radius 3 is 2.76 bits per heavy atom. The van der Waals surface area contributed by atoms with Gasteiger partial charge in [0.2, 0.25) is 5.91 Å². The van der Waals surface area contributed by atoms with Gasteiger partial charge in [-0.25, -0.2) is 0 Å². The van der Waals surface area contributed by atoms with E-state index in [0.717, 1.165) is 16.9 Å². The van der Waals surface area contributed by atoms with Gasteiger partial charge in [-0.3, -0.25) is 9.59 Å². The molecule has 2 amide bonds. The van der Waals surface area contributed by atoms with Crippen LogP contribution in [0.4, 0.5) is 0 Å². The van der Waals surface area contributed by atoms with Crippen LogP contribution < -0.4 is 10.1 Å². The minimum absolute atomic E-state index is 0.0494. The molecular formula is C19H24N2O3S. The van der Waals surface area contributed by atoms with Crippen LogP contribution in [0.2, 0.25) is 0 Å². The third kappa shape index (κ3) is 5.60. The summed E-state index contributed by atoms with van der Waals surface area (Å²) in [4.78, 5) is 25.8. The van der Waals surface area contributed by atoms with Crippen LogP contribution in [-0.4, -0.2) is 37.4 Å². The van der Waals surface area contributed by atoms with Crippen LogP contribution in [0.1, 0.15) is 34.3 Å². The summed E-state index contributed by atoms with van der Waals surface area (Å²) in [5.74, 6) is 0.744. The van der Waals surface area contributed by atoms with Crippen molar-refractivity contribution in [1.82, 2.24) is 10.2 Å². The second-order valence-electron chi connectivity index (χ2n) is 5.94. The van der Waals surface area contributed by atoms with Crippen molar-refractivity contribution < 1.29 is 14.3 Å². The zero-order valence-corrected chi connectivity index (χ0v) is 15.7. The fourth-order valence-corrected chi connectivity index (χ4v) is 3.14. The highest BCUT2D eigenvalue weighted by atomic mass is 32.1. The summed E-state index contributed by atoms with van der Waals surface area (Å²) in [6.45, 7) is 3.01. The number of benzene rings is 1. The molecule has 2 aromatic rings. The molecule has 1 aromatic heterocycles. The molecular weight excluding hydrogens is 336 g/mol. The summed E-state index contributed by atoms with van der Waals surface area (Å²) in [5.41, 5.74) is 2.79. The van der Waals surface area contributed by atoms with E-state index < -0.39 is 0 Å². The average Bonchev–Trinajstić information content (AvgIpc) is 3.13. The van der Waals surface area contributed by atoms with Crippen LogP contribution in [-0.2, 0) is 11.3 Å². The lowest BCUT2D eigenvalue weighted by Gasteiger charge is -2.19. The monoisotopic (exact) mass is 360 g/mol. The first-order valence-corrected chi connectivity index (χ1v) is 9.13. The summed E-state index contributed by atoms with van der Waals surface area (Å²) in [7, 11) is 3.42. The Bertz CT molecular complexity index is 713. The molecule has 1 heterocycles. The quantitative estimate of drug-likeness (QED) is 0.735. The minimum atomic E-state index is -0.0912. The lowest BCUT2D eigenvalue weighted by molar-refractivity contribution is -0.130. The van der Waals surface area contributed by atoms with Crippen LogP contribution in [0.3, 0.4) is 0 Å². The maximum atomic E-state index is 12.3. The first-order valence-electron chi connectivity index (χ1n) is 8.19. The van der Waals surface area contributed by atoms with Gasteiger partial charge in [0.25, 0.3) is 5.91 Å². The van der Waals surface area contributed by atoms with E-state index in [1.807, 2.05) is 35.9 Å². The Hall–Kier alpha value is -2.34. The number of amides is 2. The number of hydrogen-bond donors (Lipinski definition) is 1. The molecule has 0 aliphatic rings. The third-order valence-electron chi connectivity index (χ3n) is 3.91. The lowest BCUT2D eigenvalue weighted by Crippen LogP contribution is -2.28. The van der Waals surface area contributed by atoms with Crippen LogP contribution in [0, 0.1) is 6.92 Å². The zero-order chi connectivity index (χ0) is 18.2. The Balaban J connectivity index is 1.77. The van der Waals surface area contributed by atoms with Crippen molar-refractivity contribution in [3.05, 3.63) is 51.7 Å². The number of methoxy groups -OCH3 is 1. The highest BCUT2D eigenvalue weighted by Gasteiger charge is 2.12. The molecule has 0 aliphatic carbocycles. The molecule has 134 valence electrons. The van der Waals surface area contributed by atoms with Crippen molar-refractivity contribution in [1.29, 1.82) is 0 Å². The summed E-state index contributed by atoms with van der Waals surface area (Å²) >= 11 is 1.49. The van der Waals surface area contributed by atoms with Crippen molar-refractivity contribution in [2.45, 2.75) is 26.3 Å². The van der Waals surface area contributed by atoms with Gasteiger partial charge >= 0.3 is 0 Å². The second kappa shape index (κ2) is 9.22. The topological polar surface area (TPSA) is 58.6 Å². The molecule has 0 radical (unpaired) electrons. The number of rotatable bonds is 8. The fourth-order valence-electron chi connectivity index (χ4n) is 2.50. The summed E-state index contributed by atoms with van der Waals surface area (Å²) in [5, 5.41) is 6.51. The number of nitrogens with one attached hydrogen (secondary N) is 1. The normalized spacial score (nSPS) is 10.4. The Labute approximate surface area is 152 Å². The number of carbonyl (C=O) groups is 2. The van der Waals surface area contributed by atoms with E-state index >= 15 is 0 Å². The van der Waals surface area contributed by atoms with Crippen molar-refractivity contribution in [3.8, 4) is 5.75 Å². The fraction of sp³-hybridized carbons (Fsp3) is 0.368. The molecule has 25 heavy (non-hydrogen) atoms. The lowest BCUT2D eigenvalue weighted by atomic mass is 10.1. The van der Waals surface area contributed by atoms with Gasteiger partial charge < -0.3 is 15.0 Å². The van der Waals surface area contributed by atoms with Crippen LogP contribution in [0.15, 0.2) is 35.0 Å². The number of carbonyl (C=O) groups excluding carboxylic acids is 2. The molecule has 0 bridgehead atoms. The molecule has 2 rings (SSSR count). The minimum Gasteiger partial charge on any atom is -0.496 e. The Morgan fingerprint density at radius 1 is 1.28 bits per heavy atom. The van der Waals surface area contributed by atoms with Crippen molar-refractivity contribution >= 4 is 23.2 Å². The Kier molecular flexibility index (Phi) is 7.01. The number of thiophene rings is 1. The van der Waals surface area contributed by atoms with Crippen molar-refractivity contribution in [2.75, 3.05) is 20.7 Å². The third-order valence-corrected chi connectivity index (χ3v) is 4.59. The highest BCUT2D eigenvalue weighted by molar-refractivity contribution is 7.08. The summed E-state index contributed by atoms with van der Waals surface area (Å²) < 4.78 is 5.36. The van der Waals surface area contributed by atoms with Gasteiger partial charge in [-0.05, 0) is 30.9 Å². The van der Waals surface area contributed by atoms with Crippen LogP contribution >= 0.6 is 11.3 Å². The van der Waals surface area contributed by atoms with Crippen LogP contribution in [0.5, 0.6) is 5.75 Å². The number of nitrogens with zero attached hydrogens (tertiary/aromatic N) is 1. The average molecular weight is 360 g/mol. The first kappa shape index (κ1) is 19.0. The molecule has 0 aliphatic heterocycles. The Morgan fingerprint density at radius 2 is 2.08 bits per heavy atom. The predicted molar refractivity (Wildman–Crippen MR) is 100 cm³/mol. The number of aryl methyl sites for hydroxylation is 1. The van der Waals surface area contributed by atoms with E-state index in [9.17, 15) is 9.59 Å². The van der Waals surface area contributed by atoms with Gasteiger partial charge in [-0.15, -0.1) is 0 Å². The number of hydrogen-bond acceptors (Lipinski definition) is 4. The van der Waals surface area contributed by atoms with Gasteiger partial charge in [-0.1, -0.05) is 17.7 Å². The molecule has 0 unspecified atom stereocenters. The van der Waals surface area contributed by atoms with E-state index in [1.54, 1.807) is 25.1 Å². The zero-order valence-electron chi connectivity index (χ0n) is 14.9. The molecule has 0 fully saturated rings. The maximum absolute atomic E-state index is 12.3. The van der Waals surface area contributed by atoms with Crippen molar-refractivity contribution in [3.63, 3.8) is 0 Å². The molecule has 0 atom stereocenters. The van der Waals surface area contributed by atoms with Gasteiger partial charge in [0.1, 0.15) is 5.75 Å². The van der Waals surface area contributed by atoms with E-state index in [0.29, 0.717) is 31.5 Å². The molecule has 1 N–H and O–H groups in total. The van der Waals surface area contributed by atoms with Gasteiger partial charge in [-0.2, -0.15) is 11.3 Å². The summed E-state index contributed by atoms with van der Waals surface area (Å²) in [6.07, 6.45) is 1.01. The first-order chi connectivity index (χ1) is 12.0. The molecule has 0 saturated carbocycles. The van der Waals surface area contributed by atoms with Crippen LogP contribution in [0.25, 0.3) is 0 Å². The molecule has 6 heteroatoms. The van der Waals surface area contributed by atoms with E-state index in [2.05, 4.69) is 5.32 Å². The van der Waals surface area contributed by atoms with E-state index in [4.69, 9.17) is 4.74 Å². The molecule has 5 nitrogen and oxygen atoms in total. The molecule has 1 aromatic carbocycles. The van der Waals surface area contributed by atoms with E-state index in [-0.39, 0.29) is 11.8 Å². The number of ether oxygens (including phenoxy) is 1. The highest BCUT2D eigenvalue weighted by Crippen LogP contribution is 2.21. The van der Waals surface area contributed by atoms with Gasteiger partial charge in [0.15, 0.2) is 0 Å². The van der Waals surface area contributed by atoms with Crippen molar-refractivity contribution in [2.24, 2.45) is 0 Å². The van der Waals surface area contributed by atoms with Gasteiger partial charge in [0, 0.05) is 43.1 Å². The predicted octanol–water partition coefficient (Wildman–Crippen LogP) is 3.23. The van der Waals surface area contributed by atoms with Gasteiger partial charge in [0.05, 0.1) is 7.11 Å². The largest absolute Gasteiger partial charge is 0.496 e. The van der Waals surface area contributed by atoms with E-state index in [1.165, 1.54) is 11.3 Å². The molecule has 0 saturated heterocycles. The standard InChI is InChI=1S/C19H24N2O3S/c1-14-6-7-17(24-3)16(11-14)12-21(2)18(22)5-4-9-20-19(23)15-8-10-25-13-15/h6-8,10-11,13H,4-5,9,12H2,1-3H3,(H,20,23). The SMILES string of the molecule is COc1ccc(C)cc1CN(C)C(=O)CCCNC(=O)c1ccsc1. The molecule has 0 spiro atoms. The smallest absolute Gasteiger partial charge is 0.252 e.